The summed E-state index contributed by atoms with van der Waals surface area (Å²) in [6.45, 7) is 1.42. The highest BCUT2D eigenvalue weighted by atomic mass is 16.5. The van der Waals surface area contributed by atoms with E-state index >= 15 is 0 Å². The summed E-state index contributed by atoms with van der Waals surface area (Å²) < 4.78 is 5.74. The van der Waals surface area contributed by atoms with E-state index < -0.39 is 0 Å². The minimum Gasteiger partial charge on any atom is -0.457 e. The number of nitrogens with one attached hydrogen (secondary N) is 2. The zero-order valence-corrected chi connectivity index (χ0v) is 13.1. The van der Waals surface area contributed by atoms with Gasteiger partial charge in [-0.15, -0.1) is 10.2 Å². The molecule has 1 amide bonds. The Bertz CT molecular complexity index is 803. The van der Waals surface area contributed by atoms with E-state index in [1.54, 1.807) is 12.1 Å². The third-order valence-corrected chi connectivity index (χ3v) is 3.07. The van der Waals surface area contributed by atoms with Crippen molar-refractivity contribution in [3.05, 3.63) is 66.7 Å². The predicted molar refractivity (Wildman–Crippen MR) is 92.6 cm³/mol. The number of aromatic nitrogens is 2. The Morgan fingerprint density at radius 2 is 1.46 bits per heavy atom. The molecule has 1 heterocycles. The maximum Gasteiger partial charge on any atom is 0.222 e. The number of amides is 1. The molecule has 2 aromatic carbocycles. The number of nitrogens with zero attached hydrogens (tertiary/aromatic N) is 2. The molecule has 3 rings (SSSR count). The first-order valence-electron chi connectivity index (χ1n) is 7.40. The lowest BCUT2D eigenvalue weighted by Crippen LogP contribution is -2.08. The van der Waals surface area contributed by atoms with Gasteiger partial charge in [0.05, 0.1) is 0 Å². The zero-order chi connectivity index (χ0) is 16.8. The number of rotatable bonds is 5. The highest BCUT2D eigenvalue weighted by molar-refractivity contribution is 5.87. The lowest BCUT2D eigenvalue weighted by atomic mass is 10.3. The average Bonchev–Trinajstić information content (AvgIpc) is 2.59. The third kappa shape index (κ3) is 4.30. The highest BCUT2D eigenvalue weighted by Crippen LogP contribution is 2.23. The molecule has 0 unspecified atom stereocenters. The van der Waals surface area contributed by atoms with Gasteiger partial charge in [0.15, 0.2) is 11.6 Å². The van der Waals surface area contributed by atoms with Crippen LogP contribution < -0.4 is 15.4 Å². The van der Waals surface area contributed by atoms with E-state index in [-0.39, 0.29) is 5.91 Å². The predicted octanol–water partition coefficient (Wildman–Crippen LogP) is 3.97. The van der Waals surface area contributed by atoms with E-state index in [0.29, 0.717) is 11.6 Å². The zero-order valence-electron chi connectivity index (χ0n) is 13.1. The molecule has 24 heavy (non-hydrogen) atoms. The number of hydrogen-bond donors (Lipinski definition) is 2. The molecule has 0 bridgehead atoms. The molecule has 0 aliphatic carbocycles. The second kappa shape index (κ2) is 7.23. The van der Waals surface area contributed by atoms with E-state index in [1.807, 2.05) is 54.6 Å². The van der Waals surface area contributed by atoms with Gasteiger partial charge in [0, 0.05) is 12.6 Å². The van der Waals surface area contributed by atoms with Crippen LogP contribution in [-0.4, -0.2) is 16.1 Å². The van der Waals surface area contributed by atoms with Gasteiger partial charge in [-0.25, -0.2) is 0 Å². The van der Waals surface area contributed by atoms with Gasteiger partial charge in [-0.05, 0) is 48.5 Å². The molecule has 0 spiro atoms. The molecule has 0 radical (unpaired) electrons. The van der Waals surface area contributed by atoms with Crippen LogP contribution in [-0.2, 0) is 4.79 Å². The summed E-state index contributed by atoms with van der Waals surface area (Å²) in [5.74, 6) is 2.36. The third-order valence-electron chi connectivity index (χ3n) is 3.07. The molecular formula is C18H16N4O2. The van der Waals surface area contributed by atoms with E-state index in [9.17, 15) is 4.79 Å². The molecule has 6 nitrogen and oxygen atoms in total. The van der Waals surface area contributed by atoms with Crippen molar-refractivity contribution in [2.45, 2.75) is 6.92 Å². The Morgan fingerprint density at radius 1 is 0.833 bits per heavy atom. The van der Waals surface area contributed by atoms with Crippen LogP contribution in [0.25, 0.3) is 0 Å². The van der Waals surface area contributed by atoms with Crippen LogP contribution in [0.5, 0.6) is 11.5 Å². The quantitative estimate of drug-likeness (QED) is 0.744. The van der Waals surface area contributed by atoms with Crippen LogP contribution in [0, 0.1) is 0 Å². The molecule has 0 saturated carbocycles. The van der Waals surface area contributed by atoms with Crippen molar-refractivity contribution in [1.82, 2.24) is 10.2 Å². The van der Waals surface area contributed by atoms with Gasteiger partial charge in [0.1, 0.15) is 11.5 Å². The summed E-state index contributed by atoms with van der Waals surface area (Å²) in [5, 5.41) is 13.6. The number of para-hydroxylation sites is 1. The molecule has 0 atom stereocenters. The number of anilines is 3. The fraction of sp³-hybridized carbons (Fsp3) is 0.0556. The smallest absolute Gasteiger partial charge is 0.222 e. The first-order valence-corrected chi connectivity index (χ1v) is 7.40. The van der Waals surface area contributed by atoms with Crippen LogP contribution in [0.4, 0.5) is 17.3 Å². The van der Waals surface area contributed by atoms with Gasteiger partial charge in [-0.2, -0.15) is 0 Å². The van der Waals surface area contributed by atoms with Gasteiger partial charge in [-0.1, -0.05) is 18.2 Å². The SMILES string of the molecule is CC(=O)Nc1ccc(Nc2ccc(Oc3ccccc3)cc2)nn1. The Morgan fingerprint density at radius 3 is 2.08 bits per heavy atom. The lowest BCUT2D eigenvalue weighted by molar-refractivity contribution is -0.114. The molecule has 0 fully saturated rings. The van der Waals surface area contributed by atoms with E-state index in [4.69, 9.17) is 4.74 Å². The van der Waals surface area contributed by atoms with Gasteiger partial charge in [0.2, 0.25) is 5.91 Å². The summed E-state index contributed by atoms with van der Waals surface area (Å²) in [7, 11) is 0. The Labute approximate surface area is 139 Å². The van der Waals surface area contributed by atoms with Crippen molar-refractivity contribution in [2.75, 3.05) is 10.6 Å². The molecule has 2 N–H and O–H groups in total. The molecule has 6 heteroatoms. The first kappa shape index (κ1) is 15.5. The maximum atomic E-state index is 10.9. The molecular weight excluding hydrogens is 304 g/mol. The maximum absolute atomic E-state index is 10.9. The second-order valence-corrected chi connectivity index (χ2v) is 5.05. The first-order chi connectivity index (χ1) is 11.7. The summed E-state index contributed by atoms with van der Waals surface area (Å²) in [5.41, 5.74) is 0.858. The van der Waals surface area contributed by atoms with E-state index in [1.165, 1.54) is 6.92 Å². The van der Waals surface area contributed by atoms with Gasteiger partial charge in [0.25, 0.3) is 0 Å². The molecule has 0 aliphatic heterocycles. The standard InChI is InChI=1S/C18H16N4O2/c1-13(23)19-17-11-12-18(22-21-17)20-14-7-9-16(10-8-14)24-15-5-3-2-4-6-15/h2-12H,1H3,(H,20,22)(H,19,21,23). The monoisotopic (exact) mass is 320 g/mol. The fourth-order valence-electron chi connectivity index (χ4n) is 2.02. The minimum atomic E-state index is -0.181. The van der Waals surface area contributed by atoms with Crippen molar-refractivity contribution in [1.29, 1.82) is 0 Å². The van der Waals surface area contributed by atoms with Crippen LogP contribution in [0.1, 0.15) is 6.92 Å². The second-order valence-electron chi connectivity index (χ2n) is 5.05. The lowest BCUT2D eigenvalue weighted by Gasteiger charge is -2.08. The van der Waals surface area contributed by atoms with Crippen molar-refractivity contribution < 1.29 is 9.53 Å². The molecule has 1 aromatic heterocycles. The van der Waals surface area contributed by atoms with Gasteiger partial charge >= 0.3 is 0 Å². The van der Waals surface area contributed by atoms with Crippen LogP contribution in [0.3, 0.4) is 0 Å². The van der Waals surface area contributed by atoms with Crippen LogP contribution in [0.2, 0.25) is 0 Å². The number of benzene rings is 2. The van der Waals surface area contributed by atoms with Crippen molar-refractivity contribution in [3.63, 3.8) is 0 Å². The number of carbonyl (C=O) groups is 1. The summed E-state index contributed by atoms with van der Waals surface area (Å²) in [6, 6.07) is 20.5. The van der Waals surface area contributed by atoms with Crippen molar-refractivity contribution in [2.24, 2.45) is 0 Å². The molecule has 0 aliphatic rings. The largest absolute Gasteiger partial charge is 0.457 e. The Kier molecular flexibility index (Phi) is 4.67. The van der Waals surface area contributed by atoms with Gasteiger partial charge < -0.3 is 15.4 Å². The normalized spacial score (nSPS) is 10.0. The van der Waals surface area contributed by atoms with Crippen molar-refractivity contribution >= 4 is 23.2 Å². The molecule has 120 valence electrons. The van der Waals surface area contributed by atoms with E-state index in [2.05, 4.69) is 20.8 Å². The topological polar surface area (TPSA) is 76.1 Å². The fourth-order valence-corrected chi connectivity index (χ4v) is 2.02. The van der Waals surface area contributed by atoms with E-state index in [0.717, 1.165) is 17.2 Å². The minimum absolute atomic E-state index is 0.181. The number of ether oxygens (including phenoxy) is 1. The number of carbonyl (C=O) groups excluding carboxylic acids is 1. The van der Waals surface area contributed by atoms with Crippen LogP contribution in [0.15, 0.2) is 66.7 Å². The van der Waals surface area contributed by atoms with Gasteiger partial charge in [-0.3, -0.25) is 4.79 Å². The van der Waals surface area contributed by atoms with Crippen molar-refractivity contribution in [3.8, 4) is 11.5 Å². The highest BCUT2D eigenvalue weighted by Gasteiger charge is 2.01. The summed E-state index contributed by atoms with van der Waals surface area (Å²) in [6.07, 6.45) is 0. The Hall–Kier alpha value is -3.41. The summed E-state index contributed by atoms with van der Waals surface area (Å²) >= 11 is 0. The average molecular weight is 320 g/mol. The van der Waals surface area contributed by atoms with Crippen LogP contribution >= 0.6 is 0 Å². The molecule has 3 aromatic rings. The summed E-state index contributed by atoms with van der Waals surface area (Å²) in [4.78, 5) is 10.9. The Balaban J connectivity index is 1.62. The molecule has 0 saturated heterocycles. The number of hydrogen-bond acceptors (Lipinski definition) is 5.